The Morgan fingerprint density at radius 3 is 2.95 bits per heavy atom. The predicted molar refractivity (Wildman–Crippen MR) is 83.8 cm³/mol. The lowest BCUT2D eigenvalue weighted by Crippen LogP contribution is -2.46. The maximum Gasteiger partial charge on any atom is 0.396 e. The van der Waals surface area contributed by atoms with E-state index in [9.17, 15) is 5.11 Å². The topological polar surface area (TPSA) is 89.0 Å². The lowest BCUT2D eigenvalue weighted by Gasteiger charge is -2.28. The van der Waals surface area contributed by atoms with Crippen LogP contribution in [0.2, 0.25) is 0 Å². The van der Waals surface area contributed by atoms with Crippen LogP contribution in [-0.4, -0.2) is 23.2 Å². The minimum absolute atomic E-state index is 0.256. The van der Waals surface area contributed by atoms with Gasteiger partial charge in [0.15, 0.2) is 0 Å². The number of anilines is 1. The van der Waals surface area contributed by atoms with E-state index in [2.05, 4.69) is 30.9 Å². The maximum atomic E-state index is 11.2. The Labute approximate surface area is 135 Å². The summed E-state index contributed by atoms with van der Waals surface area (Å²) in [7, 11) is 0. The Morgan fingerprint density at radius 1 is 1.45 bits per heavy atom. The van der Waals surface area contributed by atoms with Crippen molar-refractivity contribution in [2.75, 3.05) is 18.0 Å². The van der Waals surface area contributed by atoms with Gasteiger partial charge in [-0.05, 0) is 17.7 Å². The highest BCUT2D eigenvalue weighted by atomic mass is 79.9. The Kier molecular flexibility index (Phi) is 3.98. The summed E-state index contributed by atoms with van der Waals surface area (Å²) in [4.78, 5) is 8.88. The minimum Gasteiger partial charge on any atom is -0.353 e. The molecular formula is C14H14BrN6O+. The zero-order valence-electron chi connectivity index (χ0n) is 11.7. The summed E-state index contributed by atoms with van der Waals surface area (Å²) < 4.78 is 2.83. The van der Waals surface area contributed by atoms with Crippen molar-refractivity contribution in [3.63, 3.8) is 0 Å². The zero-order chi connectivity index (χ0) is 15.6. The molecule has 112 valence electrons. The molecule has 8 heteroatoms. The fourth-order valence-corrected chi connectivity index (χ4v) is 2.93. The molecule has 1 aliphatic rings. The van der Waals surface area contributed by atoms with Crippen molar-refractivity contribution >= 4 is 21.9 Å². The lowest BCUT2D eigenvalue weighted by molar-refractivity contribution is -0.685. The third kappa shape index (κ3) is 2.52. The van der Waals surface area contributed by atoms with Gasteiger partial charge in [0.2, 0.25) is 5.72 Å². The molecule has 0 aliphatic carbocycles. The molecule has 1 aromatic carbocycles. The second-order valence-corrected chi connectivity index (χ2v) is 5.89. The van der Waals surface area contributed by atoms with Crippen LogP contribution in [0.5, 0.6) is 0 Å². The van der Waals surface area contributed by atoms with Crippen LogP contribution >= 0.6 is 15.9 Å². The van der Waals surface area contributed by atoms with Gasteiger partial charge in [-0.1, -0.05) is 38.2 Å². The summed E-state index contributed by atoms with van der Waals surface area (Å²) in [5.41, 5.74) is 8.01. The lowest BCUT2D eigenvalue weighted by atomic mass is 10.0. The van der Waals surface area contributed by atoms with Gasteiger partial charge < -0.3 is 5.11 Å². The van der Waals surface area contributed by atoms with E-state index in [-0.39, 0.29) is 6.54 Å². The van der Waals surface area contributed by atoms with Crippen molar-refractivity contribution in [1.29, 1.82) is 0 Å². The molecule has 7 nitrogen and oxygen atoms in total. The second kappa shape index (κ2) is 5.92. The van der Waals surface area contributed by atoms with Gasteiger partial charge in [0, 0.05) is 21.0 Å². The van der Waals surface area contributed by atoms with E-state index in [4.69, 9.17) is 5.53 Å². The van der Waals surface area contributed by atoms with Crippen molar-refractivity contribution < 1.29 is 9.67 Å². The molecule has 0 radical (unpaired) electrons. The van der Waals surface area contributed by atoms with Crippen LogP contribution in [-0.2, 0) is 12.3 Å². The van der Waals surface area contributed by atoms with Crippen LogP contribution in [0.25, 0.3) is 10.4 Å². The summed E-state index contributed by atoms with van der Waals surface area (Å²) in [6.07, 6.45) is 3.55. The first-order valence-electron chi connectivity index (χ1n) is 6.76. The van der Waals surface area contributed by atoms with E-state index in [1.54, 1.807) is 11.1 Å². The van der Waals surface area contributed by atoms with E-state index in [0.717, 1.165) is 10.0 Å². The largest absolute Gasteiger partial charge is 0.396 e. The molecule has 1 aromatic heterocycles. The molecule has 1 unspecified atom stereocenters. The van der Waals surface area contributed by atoms with Crippen molar-refractivity contribution in [3.8, 4) is 0 Å². The van der Waals surface area contributed by atoms with Crippen LogP contribution in [0.3, 0.4) is 0 Å². The summed E-state index contributed by atoms with van der Waals surface area (Å²) in [5, 5.41) is 14.8. The molecule has 0 bridgehead atoms. The Bertz CT molecular complexity index is 730. The summed E-state index contributed by atoms with van der Waals surface area (Å²) >= 11 is 3.40. The molecule has 3 rings (SSSR count). The average Bonchev–Trinajstić information content (AvgIpc) is 2.81. The number of azide groups is 1. The summed E-state index contributed by atoms with van der Waals surface area (Å²) in [6, 6.07) is 9.34. The molecule has 0 saturated carbocycles. The Morgan fingerprint density at radius 2 is 2.23 bits per heavy atom. The molecule has 0 spiro atoms. The number of fused-ring (bicyclic) bond motifs is 1. The smallest absolute Gasteiger partial charge is 0.353 e. The number of hydrogen-bond acceptors (Lipinski definition) is 4. The van der Waals surface area contributed by atoms with E-state index in [1.807, 2.05) is 41.1 Å². The van der Waals surface area contributed by atoms with Crippen molar-refractivity contribution in [3.05, 3.63) is 63.2 Å². The second-order valence-electron chi connectivity index (χ2n) is 4.98. The highest BCUT2D eigenvalue weighted by Crippen LogP contribution is 2.33. The zero-order valence-corrected chi connectivity index (χ0v) is 13.3. The van der Waals surface area contributed by atoms with Crippen LogP contribution in [0.1, 0.15) is 5.56 Å². The van der Waals surface area contributed by atoms with Gasteiger partial charge >= 0.3 is 5.95 Å². The van der Waals surface area contributed by atoms with Gasteiger partial charge in [-0.2, -0.15) is 0 Å². The standard InChI is InChI=1S/C14H14BrN6O/c15-12-4-2-11(3-5-12)14(22)10-20-8-1-6-17-13(20)21(14)9-7-18-19-16/h1-6,8,22H,7,9-10H2/q+1. The first-order valence-corrected chi connectivity index (χ1v) is 7.56. The van der Waals surface area contributed by atoms with Crippen LogP contribution in [0, 0.1) is 0 Å². The molecule has 1 atom stereocenters. The van der Waals surface area contributed by atoms with Crippen LogP contribution in [0.4, 0.5) is 5.95 Å². The summed E-state index contributed by atoms with van der Waals surface area (Å²) in [6.45, 7) is 1.01. The number of hydrogen-bond donors (Lipinski definition) is 1. The van der Waals surface area contributed by atoms with Gasteiger partial charge in [-0.3, -0.25) is 0 Å². The predicted octanol–water partition coefficient (Wildman–Crippen LogP) is 2.11. The van der Waals surface area contributed by atoms with Gasteiger partial charge in [-0.25, -0.2) is 9.47 Å². The minimum atomic E-state index is -1.22. The van der Waals surface area contributed by atoms with E-state index >= 15 is 0 Å². The highest BCUT2D eigenvalue weighted by Gasteiger charge is 2.51. The molecule has 22 heavy (non-hydrogen) atoms. The van der Waals surface area contributed by atoms with Gasteiger partial charge in [-0.15, -0.1) is 0 Å². The molecule has 2 heterocycles. The number of nitrogens with zero attached hydrogens (tertiary/aromatic N) is 6. The van der Waals surface area contributed by atoms with Crippen molar-refractivity contribution in [1.82, 2.24) is 4.98 Å². The van der Waals surface area contributed by atoms with Crippen molar-refractivity contribution in [2.24, 2.45) is 5.11 Å². The van der Waals surface area contributed by atoms with Crippen molar-refractivity contribution in [2.45, 2.75) is 12.3 Å². The number of aliphatic hydroxyl groups is 1. The fourth-order valence-electron chi connectivity index (χ4n) is 2.67. The molecule has 2 aromatic rings. The SMILES string of the molecule is [N-]=[N+]=NCCN1c2nccc[n+]2CC1(O)c1ccc(Br)cc1. The molecule has 0 amide bonds. The Balaban J connectivity index is 2.01. The van der Waals surface area contributed by atoms with E-state index in [0.29, 0.717) is 19.0 Å². The molecule has 1 N–H and O–H groups in total. The summed E-state index contributed by atoms with van der Waals surface area (Å²) in [5.74, 6) is 0.654. The third-order valence-electron chi connectivity index (χ3n) is 3.67. The van der Waals surface area contributed by atoms with Gasteiger partial charge in [0.05, 0.1) is 19.3 Å². The van der Waals surface area contributed by atoms with E-state index < -0.39 is 5.72 Å². The quantitative estimate of drug-likeness (QED) is 0.391. The molecule has 1 aliphatic heterocycles. The monoisotopic (exact) mass is 361 g/mol. The Hall–Kier alpha value is -2.15. The number of benzene rings is 1. The van der Waals surface area contributed by atoms with E-state index in [1.165, 1.54) is 0 Å². The number of aromatic nitrogens is 2. The maximum absolute atomic E-state index is 11.2. The fraction of sp³-hybridized carbons (Fsp3) is 0.286. The average molecular weight is 362 g/mol. The van der Waals surface area contributed by atoms with Crippen LogP contribution in [0.15, 0.2) is 52.3 Å². The van der Waals surface area contributed by atoms with Gasteiger partial charge in [0.25, 0.3) is 0 Å². The number of halogens is 1. The third-order valence-corrected chi connectivity index (χ3v) is 4.20. The molecule has 0 fully saturated rings. The van der Waals surface area contributed by atoms with Gasteiger partial charge in [0.1, 0.15) is 12.7 Å². The molecular weight excluding hydrogens is 348 g/mol. The van der Waals surface area contributed by atoms with Crippen LogP contribution < -0.4 is 9.47 Å². The first kappa shape index (κ1) is 14.8. The normalized spacial score (nSPS) is 19.6. The highest BCUT2D eigenvalue weighted by molar-refractivity contribution is 9.10. The first-order chi connectivity index (χ1) is 10.6. The number of rotatable bonds is 4. The molecule has 0 saturated heterocycles.